The van der Waals surface area contributed by atoms with Gasteiger partial charge in [-0.15, -0.1) is 0 Å². The predicted molar refractivity (Wildman–Crippen MR) is 87.8 cm³/mol. The van der Waals surface area contributed by atoms with Crippen LogP contribution in [0.25, 0.3) is 0 Å². The van der Waals surface area contributed by atoms with Gasteiger partial charge in [0.25, 0.3) is 0 Å². The molecule has 128 valence electrons. The first-order valence-electron chi connectivity index (χ1n) is 7.03. The van der Waals surface area contributed by atoms with Gasteiger partial charge in [0.15, 0.2) is 0 Å². The van der Waals surface area contributed by atoms with Gasteiger partial charge in [-0.1, -0.05) is 29.8 Å². The van der Waals surface area contributed by atoms with Crippen LogP contribution in [0.4, 0.5) is 4.39 Å². The van der Waals surface area contributed by atoms with E-state index < -0.39 is 27.9 Å². The van der Waals surface area contributed by atoms with Gasteiger partial charge < -0.3 is 5.11 Å². The first-order valence-corrected chi connectivity index (χ1v) is 8.89. The van der Waals surface area contributed by atoms with Gasteiger partial charge >= 0.3 is 5.97 Å². The van der Waals surface area contributed by atoms with E-state index in [1.54, 1.807) is 6.07 Å². The Bertz CT molecular complexity index is 824. The highest BCUT2D eigenvalue weighted by Gasteiger charge is 2.22. The molecule has 0 aliphatic rings. The van der Waals surface area contributed by atoms with Gasteiger partial charge in [-0.3, -0.25) is 4.79 Å². The van der Waals surface area contributed by atoms with Gasteiger partial charge in [-0.25, -0.2) is 17.5 Å². The zero-order chi connectivity index (χ0) is 17.7. The fourth-order valence-electron chi connectivity index (χ4n) is 2.15. The molecule has 2 aromatic carbocycles. The molecule has 0 aliphatic heterocycles. The van der Waals surface area contributed by atoms with Gasteiger partial charge in [0, 0.05) is 17.5 Å². The molecule has 0 bridgehead atoms. The normalized spacial score (nSPS) is 12.8. The molecule has 24 heavy (non-hydrogen) atoms. The van der Waals surface area contributed by atoms with E-state index in [1.165, 1.54) is 42.5 Å². The van der Waals surface area contributed by atoms with Gasteiger partial charge in [0.2, 0.25) is 10.0 Å². The lowest BCUT2D eigenvalue weighted by Gasteiger charge is -2.19. The number of hydrogen-bond donors (Lipinski definition) is 2. The highest BCUT2D eigenvalue weighted by molar-refractivity contribution is 7.89. The van der Waals surface area contributed by atoms with Crippen molar-refractivity contribution in [3.8, 4) is 0 Å². The minimum absolute atomic E-state index is 0.0285. The Morgan fingerprint density at radius 3 is 2.46 bits per heavy atom. The fourth-order valence-corrected chi connectivity index (χ4v) is 3.71. The molecule has 8 heteroatoms. The van der Waals surface area contributed by atoms with Crippen LogP contribution in [0, 0.1) is 5.82 Å². The van der Waals surface area contributed by atoms with Crippen molar-refractivity contribution in [2.45, 2.75) is 23.8 Å². The Labute approximate surface area is 144 Å². The van der Waals surface area contributed by atoms with Crippen LogP contribution in [0.2, 0.25) is 5.02 Å². The van der Waals surface area contributed by atoms with Crippen LogP contribution in [0.1, 0.15) is 24.4 Å². The average molecular weight is 372 g/mol. The summed E-state index contributed by atoms with van der Waals surface area (Å²) in [5.41, 5.74) is 0.475. The van der Waals surface area contributed by atoms with Crippen LogP contribution in [0.15, 0.2) is 53.4 Å². The molecular formula is C16H15ClFNO4S. The second-order valence-electron chi connectivity index (χ2n) is 5.12. The molecule has 1 atom stereocenters. The smallest absolute Gasteiger partial charge is 0.303 e. The number of benzene rings is 2. The topological polar surface area (TPSA) is 83.5 Å². The highest BCUT2D eigenvalue weighted by Crippen LogP contribution is 2.23. The Balaban J connectivity index is 2.29. The number of sulfonamides is 1. The van der Waals surface area contributed by atoms with E-state index in [0.717, 1.165) is 0 Å². The van der Waals surface area contributed by atoms with Crippen molar-refractivity contribution in [2.75, 3.05) is 0 Å². The number of nitrogens with one attached hydrogen (secondary N) is 1. The maximum Gasteiger partial charge on any atom is 0.303 e. The molecule has 5 nitrogen and oxygen atoms in total. The Hall–Kier alpha value is -1.96. The molecule has 2 aromatic rings. The summed E-state index contributed by atoms with van der Waals surface area (Å²) in [6, 6.07) is 10.1. The van der Waals surface area contributed by atoms with E-state index in [2.05, 4.69) is 4.72 Å². The minimum atomic E-state index is -3.91. The summed E-state index contributed by atoms with van der Waals surface area (Å²) in [4.78, 5) is 10.8. The molecule has 0 heterocycles. The summed E-state index contributed by atoms with van der Waals surface area (Å²) in [5.74, 6) is -1.52. The molecule has 0 spiro atoms. The summed E-state index contributed by atoms with van der Waals surface area (Å²) in [7, 11) is -3.91. The van der Waals surface area contributed by atoms with E-state index in [-0.39, 0.29) is 22.8 Å². The number of halogens is 2. The van der Waals surface area contributed by atoms with Gasteiger partial charge in [0.1, 0.15) is 5.82 Å². The van der Waals surface area contributed by atoms with E-state index in [0.29, 0.717) is 5.56 Å². The number of rotatable bonds is 7. The molecule has 1 unspecified atom stereocenters. The summed E-state index contributed by atoms with van der Waals surface area (Å²) >= 11 is 5.81. The Kier molecular flexibility index (Phi) is 5.93. The molecule has 0 fully saturated rings. The molecule has 0 aromatic heterocycles. The summed E-state index contributed by atoms with van der Waals surface area (Å²) in [6.07, 6.45) is -0.207. The first kappa shape index (κ1) is 18.4. The van der Waals surface area contributed by atoms with Gasteiger partial charge in [-0.2, -0.15) is 0 Å². The number of carboxylic acids is 1. The van der Waals surface area contributed by atoms with Crippen molar-refractivity contribution in [3.05, 3.63) is 64.9 Å². The maximum absolute atomic E-state index is 13.1. The van der Waals surface area contributed by atoms with Crippen molar-refractivity contribution in [1.29, 1.82) is 0 Å². The monoisotopic (exact) mass is 371 g/mol. The second kappa shape index (κ2) is 7.74. The maximum atomic E-state index is 13.1. The molecule has 2 N–H and O–H groups in total. The lowest BCUT2D eigenvalue weighted by Crippen LogP contribution is -2.29. The van der Waals surface area contributed by atoms with E-state index >= 15 is 0 Å². The molecule has 0 saturated heterocycles. The number of carboxylic acid groups (broad SMARTS) is 1. The minimum Gasteiger partial charge on any atom is -0.481 e. The Morgan fingerprint density at radius 2 is 1.88 bits per heavy atom. The molecule has 0 amide bonds. The summed E-state index contributed by atoms with van der Waals surface area (Å²) in [5, 5.41) is 9.12. The molecule has 0 aliphatic carbocycles. The fraction of sp³-hybridized carbons (Fsp3) is 0.188. The second-order valence-corrected chi connectivity index (χ2v) is 7.27. The standard InChI is InChI=1S/C16H15ClFNO4S/c17-12-2-1-3-14(10-12)24(22,23)19-15(8-9-16(20)21)11-4-6-13(18)7-5-11/h1-7,10,15,19H,8-9H2,(H,20,21). The SMILES string of the molecule is O=C(O)CCC(NS(=O)(=O)c1cccc(Cl)c1)c1ccc(F)cc1. The third-order valence-corrected chi connectivity index (χ3v) is 5.03. The van der Waals surface area contributed by atoms with Crippen molar-refractivity contribution < 1.29 is 22.7 Å². The van der Waals surface area contributed by atoms with E-state index in [1.807, 2.05) is 0 Å². The van der Waals surface area contributed by atoms with Crippen molar-refractivity contribution >= 4 is 27.6 Å². The van der Waals surface area contributed by atoms with Crippen molar-refractivity contribution in [2.24, 2.45) is 0 Å². The van der Waals surface area contributed by atoms with Crippen LogP contribution in [-0.4, -0.2) is 19.5 Å². The molecular weight excluding hydrogens is 357 g/mol. The Morgan fingerprint density at radius 1 is 1.21 bits per heavy atom. The van der Waals surface area contributed by atoms with Crippen LogP contribution < -0.4 is 4.72 Å². The van der Waals surface area contributed by atoms with Gasteiger partial charge in [-0.05, 0) is 42.3 Å². The third-order valence-electron chi connectivity index (χ3n) is 3.32. The number of carbonyl (C=O) groups is 1. The molecule has 2 rings (SSSR count). The number of hydrogen-bond acceptors (Lipinski definition) is 3. The first-order chi connectivity index (χ1) is 11.3. The number of aliphatic carboxylic acids is 1. The van der Waals surface area contributed by atoms with E-state index in [4.69, 9.17) is 16.7 Å². The quantitative estimate of drug-likeness (QED) is 0.781. The largest absolute Gasteiger partial charge is 0.481 e. The lowest BCUT2D eigenvalue weighted by molar-refractivity contribution is -0.137. The van der Waals surface area contributed by atoms with Crippen molar-refractivity contribution in [1.82, 2.24) is 4.72 Å². The lowest BCUT2D eigenvalue weighted by atomic mass is 10.0. The van der Waals surface area contributed by atoms with Crippen LogP contribution in [0.5, 0.6) is 0 Å². The highest BCUT2D eigenvalue weighted by atomic mass is 35.5. The average Bonchev–Trinajstić information content (AvgIpc) is 2.52. The van der Waals surface area contributed by atoms with E-state index in [9.17, 15) is 17.6 Å². The van der Waals surface area contributed by atoms with Crippen LogP contribution >= 0.6 is 11.6 Å². The van der Waals surface area contributed by atoms with Crippen LogP contribution in [-0.2, 0) is 14.8 Å². The van der Waals surface area contributed by atoms with Crippen LogP contribution in [0.3, 0.4) is 0 Å². The molecule has 0 radical (unpaired) electrons. The zero-order valence-corrected chi connectivity index (χ0v) is 14.0. The zero-order valence-electron chi connectivity index (χ0n) is 12.4. The summed E-state index contributed by atoms with van der Waals surface area (Å²) in [6.45, 7) is 0. The predicted octanol–water partition coefficient (Wildman–Crippen LogP) is 3.36. The van der Waals surface area contributed by atoms with Crippen molar-refractivity contribution in [3.63, 3.8) is 0 Å². The molecule has 0 saturated carbocycles. The summed E-state index contributed by atoms with van der Waals surface area (Å²) < 4.78 is 40.5. The third kappa shape index (κ3) is 5.02. The van der Waals surface area contributed by atoms with Gasteiger partial charge in [0.05, 0.1) is 4.90 Å².